The van der Waals surface area contributed by atoms with Gasteiger partial charge in [0.2, 0.25) is 0 Å². The summed E-state index contributed by atoms with van der Waals surface area (Å²) >= 11 is 0. The summed E-state index contributed by atoms with van der Waals surface area (Å²) in [6, 6.07) is 16.4. The maximum atomic E-state index is 5.47. The van der Waals surface area contributed by atoms with E-state index in [1.54, 1.807) is 0 Å². The molecule has 5 heteroatoms. The lowest BCUT2D eigenvalue weighted by Crippen LogP contribution is -2.47. The van der Waals surface area contributed by atoms with E-state index in [0.29, 0.717) is 6.61 Å². The topological polar surface area (TPSA) is 41.0 Å². The molecule has 2 heterocycles. The van der Waals surface area contributed by atoms with Crippen LogP contribution < -0.4 is 4.90 Å². The molecule has 1 aliphatic rings. The molecule has 0 saturated carbocycles. The molecule has 1 fully saturated rings. The van der Waals surface area contributed by atoms with E-state index in [4.69, 9.17) is 4.84 Å². The fourth-order valence-corrected chi connectivity index (χ4v) is 3.09. The molecular formula is C21H28N4O. The number of nitrogens with zero attached hydrogens (tertiary/aromatic N) is 4. The molecule has 0 atom stereocenters. The first-order valence-corrected chi connectivity index (χ1v) is 9.49. The third-order valence-electron chi connectivity index (χ3n) is 4.59. The van der Waals surface area contributed by atoms with Crippen molar-refractivity contribution < 1.29 is 4.84 Å². The molecular weight excluding hydrogens is 324 g/mol. The van der Waals surface area contributed by atoms with Crippen LogP contribution in [0.5, 0.6) is 0 Å². The van der Waals surface area contributed by atoms with Gasteiger partial charge in [0.1, 0.15) is 12.4 Å². The van der Waals surface area contributed by atoms with Crippen LogP contribution in [-0.2, 0) is 4.84 Å². The lowest BCUT2D eigenvalue weighted by molar-refractivity contribution is 0.144. The zero-order valence-electron chi connectivity index (χ0n) is 15.6. The zero-order chi connectivity index (χ0) is 18.0. The van der Waals surface area contributed by atoms with Crippen molar-refractivity contribution in [1.29, 1.82) is 0 Å². The summed E-state index contributed by atoms with van der Waals surface area (Å²) in [5, 5.41) is 4.40. The van der Waals surface area contributed by atoms with Gasteiger partial charge in [0, 0.05) is 45.3 Å². The van der Waals surface area contributed by atoms with E-state index in [0.717, 1.165) is 62.7 Å². The van der Waals surface area contributed by atoms with Crippen LogP contribution >= 0.6 is 0 Å². The van der Waals surface area contributed by atoms with Gasteiger partial charge in [-0.2, -0.15) is 0 Å². The number of aromatic nitrogens is 1. The van der Waals surface area contributed by atoms with Crippen LogP contribution in [0.25, 0.3) is 0 Å². The number of benzene rings is 1. The lowest BCUT2D eigenvalue weighted by Gasteiger charge is -2.35. The van der Waals surface area contributed by atoms with Gasteiger partial charge in [-0.15, -0.1) is 0 Å². The molecule has 0 bridgehead atoms. The van der Waals surface area contributed by atoms with Crippen molar-refractivity contribution in [3.8, 4) is 0 Å². The molecule has 0 aliphatic carbocycles. The second kappa shape index (κ2) is 9.92. The Morgan fingerprint density at radius 3 is 2.50 bits per heavy atom. The number of anilines is 1. The summed E-state index contributed by atoms with van der Waals surface area (Å²) in [5.74, 6) is 1.08. The lowest BCUT2D eigenvalue weighted by atomic mass is 10.1. The molecule has 26 heavy (non-hydrogen) atoms. The quantitative estimate of drug-likeness (QED) is 0.415. The maximum absolute atomic E-state index is 5.47. The first kappa shape index (κ1) is 18.4. The molecule has 1 aromatic carbocycles. The zero-order valence-corrected chi connectivity index (χ0v) is 15.6. The Balaban J connectivity index is 1.52. The Kier molecular flexibility index (Phi) is 7.02. The molecule has 0 unspecified atom stereocenters. The van der Waals surface area contributed by atoms with Crippen LogP contribution in [0.4, 0.5) is 5.82 Å². The van der Waals surface area contributed by atoms with Crippen LogP contribution in [0.1, 0.15) is 25.3 Å². The highest BCUT2D eigenvalue weighted by atomic mass is 16.6. The van der Waals surface area contributed by atoms with Crippen molar-refractivity contribution in [2.24, 2.45) is 5.16 Å². The van der Waals surface area contributed by atoms with Gasteiger partial charge in [0.25, 0.3) is 0 Å². The Bertz CT molecular complexity index is 667. The summed E-state index contributed by atoms with van der Waals surface area (Å²) in [4.78, 5) is 14.8. The van der Waals surface area contributed by atoms with E-state index in [1.165, 1.54) is 0 Å². The number of pyridine rings is 1. The number of hydrogen-bond acceptors (Lipinski definition) is 5. The largest absolute Gasteiger partial charge is 0.396 e. The Morgan fingerprint density at radius 1 is 1.04 bits per heavy atom. The third-order valence-corrected chi connectivity index (χ3v) is 4.59. The molecule has 1 aliphatic heterocycles. The average molecular weight is 352 g/mol. The normalized spacial score (nSPS) is 15.9. The van der Waals surface area contributed by atoms with Gasteiger partial charge < -0.3 is 9.74 Å². The molecule has 0 N–H and O–H groups in total. The number of hydrogen-bond donors (Lipinski definition) is 0. The molecule has 0 spiro atoms. The van der Waals surface area contributed by atoms with Crippen molar-refractivity contribution in [2.45, 2.75) is 19.8 Å². The minimum Gasteiger partial charge on any atom is -0.396 e. The molecule has 0 radical (unpaired) electrons. The van der Waals surface area contributed by atoms with Crippen LogP contribution in [0.2, 0.25) is 0 Å². The van der Waals surface area contributed by atoms with E-state index in [1.807, 2.05) is 24.4 Å². The van der Waals surface area contributed by atoms with Crippen molar-refractivity contribution in [1.82, 2.24) is 9.88 Å². The predicted octanol–water partition coefficient (Wildman–Crippen LogP) is 3.42. The minimum absolute atomic E-state index is 0.666. The van der Waals surface area contributed by atoms with Crippen molar-refractivity contribution in [2.75, 3.05) is 44.2 Å². The van der Waals surface area contributed by atoms with Crippen molar-refractivity contribution in [3.05, 3.63) is 60.3 Å². The monoisotopic (exact) mass is 352 g/mol. The second-order valence-corrected chi connectivity index (χ2v) is 6.50. The van der Waals surface area contributed by atoms with Gasteiger partial charge in [-0.05, 0) is 24.1 Å². The number of oxime groups is 1. The first-order valence-electron chi connectivity index (χ1n) is 9.49. The Hall–Kier alpha value is -2.40. The fourth-order valence-electron chi connectivity index (χ4n) is 3.09. The van der Waals surface area contributed by atoms with Crippen molar-refractivity contribution >= 4 is 11.5 Å². The summed E-state index contributed by atoms with van der Waals surface area (Å²) in [6.45, 7) is 7.89. The SMILES string of the molecule is CCCO/N=C(\CCN1CCN(c2ccccn2)CC1)c1ccccc1. The van der Waals surface area contributed by atoms with E-state index in [2.05, 4.69) is 57.2 Å². The highest BCUT2D eigenvalue weighted by Crippen LogP contribution is 2.13. The van der Waals surface area contributed by atoms with Crippen LogP contribution in [0.15, 0.2) is 59.9 Å². The standard InChI is InChI=1S/C21H28N4O/c1-2-18-26-23-20(19-8-4-3-5-9-19)11-13-24-14-16-25(17-15-24)21-10-6-7-12-22-21/h3-10,12H,2,11,13-18H2,1H3/b23-20+. The predicted molar refractivity (Wildman–Crippen MR) is 107 cm³/mol. The molecule has 3 rings (SSSR count). The second-order valence-electron chi connectivity index (χ2n) is 6.50. The summed E-state index contributed by atoms with van der Waals surface area (Å²) in [6.07, 6.45) is 3.74. The summed E-state index contributed by atoms with van der Waals surface area (Å²) in [5.41, 5.74) is 2.18. The van der Waals surface area contributed by atoms with Gasteiger partial charge in [-0.3, -0.25) is 4.90 Å². The van der Waals surface area contributed by atoms with Gasteiger partial charge >= 0.3 is 0 Å². The highest BCUT2D eigenvalue weighted by molar-refractivity contribution is 6.00. The summed E-state index contributed by atoms with van der Waals surface area (Å²) < 4.78 is 0. The van der Waals surface area contributed by atoms with E-state index >= 15 is 0 Å². The maximum Gasteiger partial charge on any atom is 0.128 e. The fraction of sp³-hybridized carbons (Fsp3) is 0.429. The molecule has 0 amide bonds. The average Bonchev–Trinajstić information content (AvgIpc) is 2.72. The van der Waals surface area contributed by atoms with Gasteiger partial charge in [-0.1, -0.05) is 48.5 Å². The Labute approximate surface area is 156 Å². The van der Waals surface area contributed by atoms with Gasteiger partial charge in [0.05, 0.1) is 5.71 Å². The van der Waals surface area contributed by atoms with E-state index < -0.39 is 0 Å². The molecule has 1 aromatic heterocycles. The van der Waals surface area contributed by atoms with Crippen LogP contribution in [-0.4, -0.2) is 54.9 Å². The van der Waals surface area contributed by atoms with Crippen LogP contribution in [0, 0.1) is 0 Å². The van der Waals surface area contributed by atoms with E-state index in [9.17, 15) is 0 Å². The minimum atomic E-state index is 0.666. The third kappa shape index (κ3) is 5.30. The van der Waals surface area contributed by atoms with Gasteiger partial charge in [-0.25, -0.2) is 4.98 Å². The summed E-state index contributed by atoms with van der Waals surface area (Å²) in [7, 11) is 0. The van der Waals surface area contributed by atoms with E-state index in [-0.39, 0.29) is 0 Å². The van der Waals surface area contributed by atoms with Crippen molar-refractivity contribution in [3.63, 3.8) is 0 Å². The smallest absolute Gasteiger partial charge is 0.128 e. The molecule has 5 nitrogen and oxygen atoms in total. The van der Waals surface area contributed by atoms with Gasteiger partial charge in [0.15, 0.2) is 0 Å². The molecule has 2 aromatic rings. The first-order chi connectivity index (χ1) is 12.9. The van der Waals surface area contributed by atoms with Crippen LogP contribution in [0.3, 0.4) is 0 Å². The number of rotatable bonds is 8. The highest BCUT2D eigenvalue weighted by Gasteiger charge is 2.18. The number of piperazine rings is 1. The molecule has 138 valence electrons. The Morgan fingerprint density at radius 2 is 1.81 bits per heavy atom. The molecule has 1 saturated heterocycles.